The Bertz CT molecular complexity index is 703. The minimum Gasteiger partial charge on any atom is -0.484 e. The Hall–Kier alpha value is -2.02. The second kappa shape index (κ2) is 10.3. The van der Waals surface area contributed by atoms with Crippen molar-refractivity contribution in [3.8, 4) is 5.75 Å². The van der Waals surface area contributed by atoms with E-state index in [1.807, 2.05) is 6.07 Å². The summed E-state index contributed by atoms with van der Waals surface area (Å²) in [7, 11) is 0. The highest BCUT2D eigenvalue weighted by atomic mass is 127. The number of nitrogens with one attached hydrogen (secondary N) is 1. The summed E-state index contributed by atoms with van der Waals surface area (Å²) in [5, 5.41) is 11.1. The molecule has 1 fully saturated rings. The van der Waals surface area contributed by atoms with Gasteiger partial charge in [-0.15, -0.1) is 0 Å². The zero-order valence-corrected chi connectivity index (χ0v) is 17.0. The molecule has 2 N–H and O–H groups in total. The third-order valence-corrected chi connectivity index (χ3v) is 5.43. The van der Waals surface area contributed by atoms with Crippen LogP contribution in [0, 0.1) is 0 Å². The number of carboxylic acids is 1. The number of carbonyl (C=O) groups excluding carboxylic acids is 3. The number of alkyl halides is 1. The van der Waals surface area contributed by atoms with Crippen molar-refractivity contribution in [3.05, 3.63) is 30.3 Å². The van der Waals surface area contributed by atoms with Crippen molar-refractivity contribution in [2.75, 3.05) is 23.4 Å². The third kappa shape index (κ3) is 6.27. The predicted molar refractivity (Wildman–Crippen MR) is 104 cm³/mol. The van der Waals surface area contributed by atoms with Gasteiger partial charge in [0.25, 0.3) is 11.8 Å². The van der Waals surface area contributed by atoms with E-state index in [4.69, 9.17) is 9.84 Å². The van der Waals surface area contributed by atoms with Gasteiger partial charge in [0.1, 0.15) is 17.5 Å². The summed E-state index contributed by atoms with van der Waals surface area (Å²) in [6.07, 6.45) is 0. The van der Waals surface area contributed by atoms with Crippen LogP contribution in [-0.4, -0.2) is 68.6 Å². The summed E-state index contributed by atoms with van der Waals surface area (Å²) in [6, 6.07) is 7.87. The number of hydrogen-bond acceptors (Lipinski definition) is 7. The fraction of sp³-hybridized carbons (Fsp3) is 0.375. The number of para-hydroxylation sites is 1. The van der Waals surface area contributed by atoms with Gasteiger partial charge in [0.15, 0.2) is 13.2 Å². The molecule has 1 aliphatic heterocycles. The minimum atomic E-state index is -1.25. The second-order valence-electron chi connectivity index (χ2n) is 5.36. The fourth-order valence-corrected chi connectivity index (χ4v) is 4.30. The molecule has 0 radical (unpaired) electrons. The maximum absolute atomic E-state index is 12.2. The number of carboxylic acid groups (broad SMARTS) is 1. The molecular formula is C16H17IN2O7S. The molecule has 1 aromatic carbocycles. The summed E-state index contributed by atoms with van der Waals surface area (Å²) in [5.41, 5.74) is 0. The van der Waals surface area contributed by atoms with E-state index in [0.717, 1.165) is 11.9 Å². The second-order valence-corrected chi connectivity index (χ2v) is 7.18. The molecule has 11 heteroatoms. The molecule has 0 bridgehead atoms. The molecule has 1 heterocycles. The summed E-state index contributed by atoms with van der Waals surface area (Å²) in [4.78, 5) is 46.0. The lowest BCUT2D eigenvalue weighted by molar-refractivity contribution is -0.153. The normalized spacial score (nSPS) is 18.4. The number of ether oxygens (including phenoxy) is 2. The monoisotopic (exact) mass is 508 g/mol. The van der Waals surface area contributed by atoms with Crippen LogP contribution in [-0.2, 0) is 23.9 Å². The van der Waals surface area contributed by atoms with E-state index in [1.165, 1.54) is 4.31 Å². The van der Waals surface area contributed by atoms with Gasteiger partial charge in [-0.05, 0) is 24.1 Å². The molecule has 1 aliphatic rings. The van der Waals surface area contributed by atoms with Crippen LogP contribution in [0.1, 0.15) is 0 Å². The van der Waals surface area contributed by atoms with E-state index in [2.05, 4.69) is 32.6 Å². The number of halogens is 1. The number of amides is 2. The smallest absolute Gasteiger partial charge is 0.341 e. The first-order valence-electron chi connectivity index (χ1n) is 7.79. The predicted octanol–water partition coefficient (Wildman–Crippen LogP) is 0.472. The lowest BCUT2D eigenvalue weighted by Gasteiger charge is -2.45. The van der Waals surface area contributed by atoms with Gasteiger partial charge in [0.05, 0.1) is 6.04 Å². The number of aliphatic carboxylic acids is 1. The van der Waals surface area contributed by atoms with Gasteiger partial charge in [-0.25, -0.2) is 4.79 Å². The number of nitrogens with zero attached hydrogens (tertiary/aromatic N) is 1. The summed E-state index contributed by atoms with van der Waals surface area (Å²) < 4.78 is 11.8. The average Bonchev–Trinajstić information content (AvgIpc) is 2.66. The summed E-state index contributed by atoms with van der Waals surface area (Å²) >= 11 is 3.02. The standard InChI is InChI=1S/C16H17IN2O7S/c17-6-11-15(18-12(20)7-25-10-4-2-1-3-5-10)16(24)19(11)27-9-14(23)26-8-13(21)22/h1-5,11,15H,6-9H2,(H,18,20)(H,21,22)/t11-,15+/m1/s1. The molecular weight excluding hydrogens is 491 g/mol. The topological polar surface area (TPSA) is 122 Å². The number of carbonyl (C=O) groups is 4. The van der Waals surface area contributed by atoms with Crippen molar-refractivity contribution in [3.63, 3.8) is 0 Å². The molecule has 0 aromatic heterocycles. The van der Waals surface area contributed by atoms with Crippen molar-refractivity contribution in [2.45, 2.75) is 12.1 Å². The van der Waals surface area contributed by atoms with Crippen LogP contribution in [0.15, 0.2) is 30.3 Å². The molecule has 0 unspecified atom stereocenters. The Labute approximate surface area is 173 Å². The van der Waals surface area contributed by atoms with E-state index in [9.17, 15) is 19.2 Å². The lowest BCUT2D eigenvalue weighted by atomic mass is 10.0. The highest BCUT2D eigenvalue weighted by Crippen LogP contribution is 2.30. The molecule has 0 spiro atoms. The largest absolute Gasteiger partial charge is 0.484 e. The zero-order valence-electron chi connectivity index (χ0n) is 14.0. The van der Waals surface area contributed by atoms with Gasteiger partial charge >= 0.3 is 11.9 Å². The van der Waals surface area contributed by atoms with Crippen LogP contribution < -0.4 is 10.1 Å². The highest BCUT2D eigenvalue weighted by molar-refractivity contribution is 14.1. The molecule has 2 amide bonds. The Morgan fingerprint density at radius 3 is 2.56 bits per heavy atom. The first-order chi connectivity index (χ1) is 12.9. The molecule has 27 heavy (non-hydrogen) atoms. The zero-order chi connectivity index (χ0) is 19.8. The Kier molecular flexibility index (Phi) is 8.16. The van der Waals surface area contributed by atoms with Crippen LogP contribution in [0.3, 0.4) is 0 Å². The number of benzene rings is 1. The van der Waals surface area contributed by atoms with Crippen LogP contribution in [0.5, 0.6) is 5.75 Å². The Balaban J connectivity index is 1.76. The quantitative estimate of drug-likeness (QED) is 0.154. The molecule has 1 aromatic rings. The minimum absolute atomic E-state index is 0.191. The lowest BCUT2D eigenvalue weighted by Crippen LogP contribution is -2.69. The van der Waals surface area contributed by atoms with Gasteiger partial charge in [0, 0.05) is 4.43 Å². The summed E-state index contributed by atoms with van der Waals surface area (Å²) in [6.45, 7) is -0.931. The Morgan fingerprint density at radius 2 is 1.93 bits per heavy atom. The average molecular weight is 508 g/mol. The van der Waals surface area contributed by atoms with E-state index in [1.54, 1.807) is 24.3 Å². The number of hydrogen-bond donors (Lipinski definition) is 2. The van der Waals surface area contributed by atoms with Gasteiger partial charge in [-0.3, -0.25) is 18.7 Å². The van der Waals surface area contributed by atoms with Crippen molar-refractivity contribution in [1.29, 1.82) is 0 Å². The van der Waals surface area contributed by atoms with Gasteiger partial charge in [0.2, 0.25) is 0 Å². The highest BCUT2D eigenvalue weighted by Gasteiger charge is 2.48. The molecule has 2 rings (SSSR count). The van der Waals surface area contributed by atoms with E-state index in [0.29, 0.717) is 10.2 Å². The van der Waals surface area contributed by atoms with E-state index in [-0.39, 0.29) is 24.3 Å². The molecule has 0 aliphatic carbocycles. The maximum atomic E-state index is 12.2. The molecule has 0 saturated carbocycles. The third-order valence-electron chi connectivity index (χ3n) is 3.44. The SMILES string of the molecule is O=C(O)COC(=O)CSN1C(=O)[C@@H](NC(=O)COc2ccccc2)[C@H]1CI. The Morgan fingerprint density at radius 1 is 1.22 bits per heavy atom. The first-order valence-corrected chi connectivity index (χ1v) is 10.3. The number of β-lactam (4-membered cyclic amide) rings is 1. The van der Waals surface area contributed by atoms with Gasteiger partial charge in [-0.1, -0.05) is 40.8 Å². The van der Waals surface area contributed by atoms with Crippen LogP contribution >= 0.6 is 34.5 Å². The van der Waals surface area contributed by atoms with Crippen molar-refractivity contribution >= 4 is 58.3 Å². The van der Waals surface area contributed by atoms with Gasteiger partial charge < -0.3 is 19.9 Å². The maximum Gasteiger partial charge on any atom is 0.341 e. The molecule has 9 nitrogen and oxygen atoms in total. The van der Waals surface area contributed by atoms with Crippen LogP contribution in [0.2, 0.25) is 0 Å². The first kappa shape index (κ1) is 21.3. The van der Waals surface area contributed by atoms with E-state index >= 15 is 0 Å². The molecule has 1 saturated heterocycles. The fourth-order valence-electron chi connectivity index (χ4n) is 2.17. The van der Waals surface area contributed by atoms with E-state index < -0.39 is 30.5 Å². The van der Waals surface area contributed by atoms with Crippen LogP contribution in [0.4, 0.5) is 0 Å². The number of esters is 1. The van der Waals surface area contributed by atoms with Crippen LogP contribution in [0.25, 0.3) is 0 Å². The number of rotatable bonds is 10. The van der Waals surface area contributed by atoms with Crippen molar-refractivity contribution in [1.82, 2.24) is 9.62 Å². The van der Waals surface area contributed by atoms with Crippen molar-refractivity contribution in [2.24, 2.45) is 0 Å². The molecule has 2 atom stereocenters. The van der Waals surface area contributed by atoms with Crippen molar-refractivity contribution < 1.29 is 33.8 Å². The van der Waals surface area contributed by atoms with Gasteiger partial charge in [-0.2, -0.15) is 0 Å². The summed E-state index contributed by atoms with van der Waals surface area (Å²) in [5.74, 6) is -2.37. The molecule has 146 valence electrons.